The van der Waals surface area contributed by atoms with Crippen LogP contribution in [0.25, 0.3) is 10.8 Å². The third-order valence-corrected chi connectivity index (χ3v) is 3.53. The van der Waals surface area contributed by atoms with E-state index in [1.165, 1.54) is 10.8 Å². The Labute approximate surface area is 120 Å². The molecule has 3 heteroatoms. The van der Waals surface area contributed by atoms with E-state index in [9.17, 15) is 5.11 Å². The molecule has 2 aromatic rings. The summed E-state index contributed by atoms with van der Waals surface area (Å²) in [5, 5.41) is 12.7. The molecule has 0 heterocycles. The number of hydrogen-bond acceptors (Lipinski definition) is 3. The van der Waals surface area contributed by atoms with Crippen LogP contribution in [0, 0.1) is 0 Å². The first-order valence-corrected chi connectivity index (χ1v) is 7.05. The summed E-state index contributed by atoms with van der Waals surface area (Å²) in [7, 11) is 3.74. The molecule has 0 bridgehead atoms. The molecule has 3 nitrogen and oxygen atoms in total. The maximum atomic E-state index is 10.3. The Morgan fingerprint density at radius 2 is 1.90 bits per heavy atom. The van der Waals surface area contributed by atoms with Gasteiger partial charge in [-0.2, -0.15) is 0 Å². The lowest BCUT2D eigenvalue weighted by Crippen LogP contribution is -2.26. The number of fused-ring (bicyclic) bond motifs is 1. The summed E-state index contributed by atoms with van der Waals surface area (Å²) in [5.74, 6) is 0. The fourth-order valence-corrected chi connectivity index (χ4v) is 2.39. The molecule has 0 amide bonds. The lowest BCUT2D eigenvalue weighted by atomic mass is 10.0. The molecule has 1 N–H and O–H groups in total. The number of ether oxygens (including phenoxy) is 1. The lowest BCUT2D eigenvalue weighted by molar-refractivity contribution is 0.117. The molecule has 2 aromatic carbocycles. The first-order valence-electron chi connectivity index (χ1n) is 7.05. The number of likely N-dealkylation sites (N-methyl/N-ethyl adjacent to an activating group) is 1. The van der Waals surface area contributed by atoms with E-state index in [0.717, 1.165) is 25.1 Å². The third-order valence-electron chi connectivity index (χ3n) is 3.53. The highest BCUT2D eigenvalue weighted by Gasteiger charge is 2.11. The van der Waals surface area contributed by atoms with E-state index in [-0.39, 0.29) is 0 Å². The van der Waals surface area contributed by atoms with Gasteiger partial charge >= 0.3 is 0 Å². The highest BCUT2D eigenvalue weighted by molar-refractivity contribution is 5.83. The summed E-state index contributed by atoms with van der Waals surface area (Å²) in [6.45, 7) is 2.33. The predicted molar refractivity (Wildman–Crippen MR) is 82.9 cm³/mol. The number of rotatable bonds is 7. The van der Waals surface area contributed by atoms with Crippen LogP contribution in [0.15, 0.2) is 42.5 Å². The molecule has 1 atom stereocenters. The normalized spacial score (nSPS) is 13.0. The second-order valence-corrected chi connectivity index (χ2v) is 5.23. The van der Waals surface area contributed by atoms with Crippen molar-refractivity contribution in [3.8, 4) is 0 Å². The predicted octanol–water partition coefficient (Wildman–Crippen LogP) is 2.84. The molecule has 0 aliphatic rings. The largest absolute Gasteiger partial charge is 0.387 e. The van der Waals surface area contributed by atoms with E-state index < -0.39 is 6.10 Å². The van der Waals surface area contributed by atoms with Crippen molar-refractivity contribution in [3.05, 3.63) is 48.0 Å². The minimum atomic E-state index is -0.452. The fourth-order valence-electron chi connectivity index (χ4n) is 2.39. The highest BCUT2D eigenvalue weighted by atomic mass is 16.5. The Bertz CT molecular complexity index is 541. The Morgan fingerprint density at radius 3 is 2.65 bits per heavy atom. The zero-order valence-corrected chi connectivity index (χ0v) is 12.2. The van der Waals surface area contributed by atoms with Gasteiger partial charge in [-0.25, -0.2) is 0 Å². The van der Waals surface area contributed by atoms with Crippen molar-refractivity contribution >= 4 is 10.8 Å². The quantitative estimate of drug-likeness (QED) is 0.787. The average Bonchev–Trinajstić information content (AvgIpc) is 2.47. The molecular weight excluding hydrogens is 250 g/mol. The Kier molecular flexibility index (Phi) is 5.53. The molecule has 0 aromatic heterocycles. The van der Waals surface area contributed by atoms with Gasteiger partial charge in [0.15, 0.2) is 0 Å². The number of aliphatic hydroxyl groups is 1. The molecule has 1 unspecified atom stereocenters. The van der Waals surface area contributed by atoms with Crippen molar-refractivity contribution < 1.29 is 9.84 Å². The summed E-state index contributed by atoms with van der Waals surface area (Å²) in [4.78, 5) is 2.14. The maximum absolute atomic E-state index is 10.3. The number of nitrogens with zero attached hydrogens (tertiary/aromatic N) is 1. The van der Waals surface area contributed by atoms with Gasteiger partial charge in [-0.05, 0) is 35.9 Å². The van der Waals surface area contributed by atoms with Gasteiger partial charge in [0, 0.05) is 26.8 Å². The van der Waals surface area contributed by atoms with E-state index >= 15 is 0 Å². The van der Waals surface area contributed by atoms with Crippen LogP contribution in [0.5, 0.6) is 0 Å². The minimum absolute atomic E-state index is 0.452. The maximum Gasteiger partial charge on any atom is 0.0917 e. The van der Waals surface area contributed by atoms with Crippen LogP contribution in [0.1, 0.15) is 18.1 Å². The van der Waals surface area contributed by atoms with Crippen LogP contribution in [0.3, 0.4) is 0 Å². The second-order valence-electron chi connectivity index (χ2n) is 5.23. The highest BCUT2D eigenvalue weighted by Crippen LogP contribution is 2.20. The average molecular weight is 273 g/mol. The van der Waals surface area contributed by atoms with E-state index in [4.69, 9.17) is 4.74 Å². The van der Waals surface area contributed by atoms with Crippen molar-refractivity contribution in [2.45, 2.75) is 12.5 Å². The van der Waals surface area contributed by atoms with Gasteiger partial charge in [-0.15, -0.1) is 0 Å². The summed E-state index contributed by atoms with van der Waals surface area (Å²) in [6, 6.07) is 14.4. The van der Waals surface area contributed by atoms with Crippen molar-refractivity contribution in [2.24, 2.45) is 0 Å². The number of methoxy groups -OCH3 is 1. The van der Waals surface area contributed by atoms with Crippen LogP contribution < -0.4 is 0 Å². The number of aliphatic hydroxyl groups excluding tert-OH is 1. The van der Waals surface area contributed by atoms with E-state index in [0.29, 0.717) is 6.54 Å². The first kappa shape index (κ1) is 15.0. The molecule has 0 fully saturated rings. The minimum Gasteiger partial charge on any atom is -0.387 e. The molecular formula is C17H23NO2. The Morgan fingerprint density at radius 1 is 1.15 bits per heavy atom. The Balaban J connectivity index is 1.98. The van der Waals surface area contributed by atoms with E-state index in [1.807, 2.05) is 25.2 Å². The van der Waals surface area contributed by atoms with Gasteiger partial charge in [0.05, 0.1) is 6.10 Å². The fraction of sp³-hybridized carbons (Fsp3) is 0.412. The summed E-state index contributed by atoms with van der Waals surface area (Å²) >= 11 is 0. The molecule has 2 rings (SSSR count). The monoisotopic (exact) mass is 273 g/mol. The van der Waals surface area contributed by atoms with E-state index in [1.54, 1.807) is 7.11 Å². The van der Waals surface area contributed by atoms with Gasteiger partial charge in [-0.3, -0.25) is 0 Å². The number of benzene rings is 2. The summed E-state index contributed by atoms with van der Waals surface area (Å²) in [6.07, 6.45) is 0.532. The van der Waals surface area contributed by atoms with Crippen LogP contribution >= 0.6 is 0 Å². The van der Waals surface area contributed by atoms with E-state index in [2.05, 4.69) is 29.2 Å². The lowest BCUT2D eigenvalue weighted by Gasteiger charge is -2.20. The zero-order valence-electron chi connectivity index (χ0n) is 12.2. The van der Waals surface area contributed by atoms with Gasteiger partial charge in [0.25, 0.3) is 0 Å². The third kappa shape index (κ3) is 4.04. The van der Waals surface area contributed by atoms with Crippen LogP contribution in [0.4, 0.5) is 0 Å². The molecule has 0 saturated carbocycles. The van der Waals surface area contributed by atoms with Gasteiger partial charge in [0.2, 0.25) is 0 Å². The Hall–Kier alpha value is -1.42. The first-order chi connectivity index (χ1) is 9.70. The molecule has 108 valence electrons. The molecule has 0 radical (unpaired) electrons. The molecule has 0 aliphatic heterocycles. The molecule has 0 spiro atoms. The second kappa shape index (κ2) is 7.39. The van der Waals surface area contributed by atoms with Crippen molar-refractivity contribution in [2.75, 3.05) is 33.9 Å². The molecule has 0 aliphatic carbocycles. The number of hydrogen-bond donors (Lipinski definition) is 1. The van der Waals surface area contributed by atoms with Crippen molar-refractivity contribution in [1.82, 2.24) is 4.90 Å². The topological polar surface area (TPSA) is 32.7 Å². The standard InChI is InChI=1S/C17H23NO2/c1-18(10-5-11-20-2)13-17(19)16-9-8-14-6-3-4-7-15(14)12-16/h3-4,6-9,12,17,19H,5,10-11,13H2,1-2H3. The molecule has 20 heavy (non-hydrogen) atoms. The van der Waals surface area contributed by atoms with Crippen molar-refractivity contribution in [1.29, 1.82) is 0 Å². The van der Waals surface area contributed by atoms with Gasteiger partial charge in [-0.1, -0.05) is 36.4 Å². The van der Waals surface area contributed by atoms with Crippen LogP contribution in [0.2, 0.25) is 0 Å². The summed E-state index contributed by atoms with van der Waals surface area (Å²) < 4.78 is 5.04. The van der Waals surface area contributed by atoms with Crippen LogP contribution in [-0.4, -0.2) is 43.9 Å². The smallest absolute Gasteiger partial charge is 0.0917 e. The summed E-state index contributed by atoms with van der Waals surface area (Å²) in [5.41, 5.74) is 0.974. The SMILES string of the molecule is COCCCN(C)CC(O)c1ccc2ccccc2c1. The van der Waals surface area contributed by atoms with Gasteiger partial charge < -0.3 is 14.7 Å². The van der Waals surface area contributed by atoms with Gasteiger partial charge in [0.1, 0.15) is 0 Å². The van der Waals surface area contributed by atoms with Crippen LogP contribution in [-0.2, 0) is 4.74 Å². The van der Waals surface area contributed by atoms with Crippen molar-refractivity contribution in [3.63, 3.8) is 0 Å². The molecule has 0 saturated heterocycles. The zero-order chi connectivity index (χ0) is 14.4.